The van der Waals surface area contributed by atoms with Crippen molar-refractivity contribution in [3.8, 4) is 22.5 Å². The number of aliphatic carboxylic acids is 1. The zero-order valence-electron chi connectivity index (χ0n) is 19.3. The average Bonchev–Trinajstić information content (AvgIpc) is 2.74. The highest BCUT2D eigenvalue weighted by Crippen LogP contribution is 2.29. The van der Waals surface area contributed by atoms with Gasteiger partial charge >= 0.3 is 5.97 Å². The van der Waals surface area contributed by atoms with Crippen molar-refractivity contribution >= 4 is 11.7 Å². The molecule has 0 spiro atoms. The molecule has 3 aromatic rings. The van der Waals surface area contributed by atoms with Crippen LogP contribution in [-0.4, -0.2) is 39.5 Å². The molecule has 0 amide bonds. The van der Waals surface area contributed by atoms with E-state index in [4.69, 9.17) is 10.8 Å². The van der Waals surface area contributed by atoms with E-state index in [1.807, 2.05) is 37.6 Å². The Balaban J connectivity index is 1.87. The van der Waals surface area contributed by atoms with Crippen LogP contribution < -0.4 is 5.73 Å². The number of hydrogen-bond acceptors (Lipinski definition) is 5. The molecule has 0 aliphatic heterocycles. The van der Waals surface area contributed by atoms with Crippen LogP contribution in [0.3, 0.4) is 0 Å². The first kappa shape index (κ1) is 23.4. The molecule has 0 radical (unpaired) electrons. The predicted octanol–water partition coefficient (Wildman–Crippen LogP) is 4.67. The number of nitrogens with two attached hydrogens (primary N) is 1. The molecule has 0 bridgehead atoms. The number of carboxylic acid groups (broad SMARTS) is 1. The summed E-state index contributed by atoms with van der Waals surface area (Å²) in [7, 11) is 1.82. The van der Waals surface area contributed by atoms with Crippen LogP contribution in [0.1, 0.15) is 37.5 Å². The van der Waals surface area contributed by atoms with Gasteiger partial charge in [0, 0.05) is 35.8 Å². The van der Waals surface area contributed by atoms with E-state index in [0.717, 1.165) is 46.3 Å². The molecule has 32 heavy (non-hydrogen) atoms. The second-order valence-corrected chi connectivity index (χ2v) is 8.67. The molecule has 2 aromatic carbocycles. The number of carbonyl (C=O) groups is 1. The third-order valence-electron chi connectivity index (χ3n) is 5.47. The molecule has 6 nitrogen and oxygen atoms in total. The number of benzene rings is 2. The van der Waals surface area contributed by atoms with Gasteiger partial charge in [-0.1, -0.05) is 51.1 Å². The third kappa shape index (κ3) is 5.71. The summed E-state index contributed by atoms with van der Waals surface area (Å²) in [4.78, 5) is 22.0. The molecule has 1 aromatic heterocycles. The Morgan fingerprint density at radius 3 is 2.41 bits per heavy atom. The number of nitrogens with zero attached hydrogens (tertiary/aromatic N) is 3. The number of hydrogen-bond donors (Lipinski definition) is 2. The van der Waals surface area contributed by atoms with E-state index < -0.39 is 5.97 Å². The van der Waals surface area contributed by atoms with E-state index in [1.54, 1.807) is 4.90 Å². The summed E-state index contributed by atoms with van der Waals surface area (Å²) in [5.74, 6) is 0.363. The van der Waals surface area contributed by atoms with E-state index in [-0.39, 0.29) is 6.54 Å². The van der Waals surface area contributed by atoms with Crippen LogP contribution in [0.4, 0.5) is 5.69 Å². The average molecular weight is 433 g/mol. The van der Waals surface area contributed by atoms with Gasteiger partial charge in [0.25, 0.3) is 0 Å². The molecule has 0 aliphatic rings. The first-order valence-electron chi connectivity index (χ1n) is 11.0. The minimum absolute atomic E-state index is 0.00425. The maximum atomic E-state index is 11.0. The van der Waals surface area contributed by atoms with Gasteiger partial charge < -0.3 is 10.8 Å². The Morgan fingerprint density at radius 1 is 1.09 bits per heavy atom. The lowest BCUT2D eigenvalue weighted by Gasteiger charge is -2.19. The lowest BCUT2D eigenvalue weighted by Crippen LogP contribution is -2.25. The second-order valence-electron chi connectivity index (χ2n) is 8.67. The van der Waals surface area contributed by atoms with Crippen LogP contribution in [0.2, 0.25) is 0 Å². The van der Waals surface area contributed by atoms with Crippen molar-refractivity contribution in [2.45, 2.75) is 40.2 Å². The summed E-state index contributed by atoms with van der Waals surface area (Å²) in [6.07, 6.45) is 5.48. The number of nitrogen functional groups attached to an aromatic ring is 1. The number of likely N-dealkylation sites (N-methyl/N-ethyl adjacent to an activating group) is 1. The monoisotopic (exact) mass is 432 g/mol. The van der Waals surface area contributed by atoms with E-state index in [1.165, 1.54) is 5.56 Å². The summed E-state index contributed by atoms with van der Waals surface area (Å²) in [5.41, 5.74) is 13.4. The van der Waals surface area contributed by atoms with E-state index in [9.17, 15) is 4.79 Å². The second kappa shape index (κ2) is 10.4. The van der Waals surface area contributed by atoms with Crippen LogP contribution in [0.15, 0.2) is 48.8 Å². The summed E-state index contributed by atoms with van der Waals surface area (Å²) in [5, 5.41) is 9.05. The predicted molar refractivity (Wildman–Crippen MR) is 129 cm³/mol. The van der Waals surface area contributed by atoms with Crippen LogP contribution in [0.25, 0.3) is 22.5 Å². The number of aromatic nitrogens is 2. The van der Waals surface area contributed by atoms with Crippen LogP contribution in [-0.2, 0) is 24.2 Å². The van der Waals surface area contributed by atoms with Crippen LogP contribution >= 0.6 is 0 Å². The van der Waals surface area contributed by atoms with Crippen molar-refractivity contribution in [1.82, 2.24) is 14.9 Å². The Morgan fingerprint density at radius 2 is 1.81 bits per heavy atom. The fraction of sp³-hybridized carbons (Fsp3) is 0.346. The molecule has 1 heterocycles. The molecule has 3 rings (SSSR count). The lowest BCUT2D eigenvalue weighted by atomic mass is 9.95. The van der Waals surface area contributed by atoms with Gasteiger partial charge in [0.05, 0.1) is 6.54 Å². The van der Waals surface area contributed by atoms with Gasteiger partial charge in [-0.05, 0) is 54.1 Å². The summed E-state index contributed by atoms with van der Waals surface area (Å²) >= 11 is 0. The fourth-order valence-corrected chi connectivity index (χ4v) is 4.02. The van der Waals surface area contributed by atoms with Gasteiger partial charge in [-0.2, -0.15) is 0 Å². The number of rotatable bonds is 9. The Kier molecular flexibility index (Phi) is 7.59. The third-order valence-corrected chi connectivity index (χ3v) is 5.47. The number of carboxylic acids is 1. The molecular formula is C26H32N4O2. The van der Waals surface area contributed by atoms with Crippen LogP contribution in [0, 0.1) is 5.92 Å². The van der Waals surface area contributed by atoms with Gasteiger partial charge in [0.2, 0.25) is 0 Å². The van der Waals surface area contributed by atoms with Crippen molar-refractivity contribution in [2.75, 3.05) is 19.3 Å². The molecule has 0 aliphatic carbocycles. The lowest BCUT2D eigenvalue weighted by molar-refractivity contribution is -0.138. The largest absolute Gasteiger partial charge is 0.480 e. The quantitative estimate of drug-likeness (QED) is 0.477. The zero-order valence-corrected chi connectivity index (χ0v) is 19.3. The molecule has 0 unspecified atom stereocenters. The molecular weight excluding hydrogens is 400 g/mol. The summed E-state index contributed by atoms with van der Waals surface area (Å²) in [6.45, 7) is 7.04. The maximum Gasteiger partial charge on any atom is 0.317 e. The van der Waals surface area contributed by atoms with Crippen molar-refractivity contribution in [1.29, 1.82) is 0 Å². The van der Waals surface area contributed by atoms with Crippen molar-refractivity contribution in [3.05, 3.63) is 65.5 Å². The SMILES string of the molecule is CCc1c(CN(C)CC(=O)O)cccc1-c1cnc(-c2ccc(CC(C)C)c(N)c2)nc1. The fourth-order valence-electron chi connectivity index (χ4n) is 4.02. The number of anilines is 1. The molecule has 0 atom stereocenters. The van der Waals surface area contributed by atoms with Gasteiger partial charge in [-0.25, -0.2) is 9.97 Å². The highest BCUT2D eigenvalue weighted by molar-refractivity contribution is 5.70. The maximum absolute atomic E-state index is 11.0. The smallest absolute Gasteiger partial charge is 0.317 e. The first-order chi connectivity index (χ1) is 15.3. The minimum atomic E-state index is -0.830. The summed E-state index contributed by atoms with van der Waals surface area (Å²) < 4.78 is 0. The van der Waals surface area contributed by atoms with Gasteiger partial charge in [0.15, 0.2) is 5.82 Å². The van der Waals surface area contributed by atoms with Crippen molar-refractivity contribution < 1.29 is 9.90 Å². The molecule has 3 N–H and O–H groups in total. The van der Waals surface area contributed by atoms with Gasteiger partial charge in [0.1, 0.15) is 0 Å². The topological polar surface area (TPSA) is 92.3 Å². The standard InChI is InChI=1S/C26H32N4O2/c1-5-22-20(15-30(4)16-25(31)32)7-6-8-23(22)21-13-28-26(29-14-21)19-10-9-18(11-17(2)3)24(27)12-19/h6-10,12-14,17H,5,11,15-16,27H2,1-4H3,(H,31,32). The summed E-state index contributed by atoms with van der Waals surface area (Å²) in [6, 6.07) is 12.2. The zero-order chi connectivity index (χ0) is 23.3. The minimum Gasteiger partial charge on any atom is -0.480 e. The Labute approximate surface area is 190 Å². The Bertz CT molecular complexity index is 1080. The molecule has 168 valence electrons. The van der Waals surface area contributed by atoms with Gasteiger partial charge in [-0.3, -0.25) is 9.69 Å². The highest BCUT2D eigenvalue weighted by Gasteiger charge is 2.13. The normalized spacial score (nSPS) is 11.3. The molecule has 0 fully saturated rings. The van der Waals surface area contributed by atoms with E-state index >= 15 is 0 Å². The van der Waals surface area contributed by atoms with E-state index in [2.05, 4.69) is 48.9 Å². The molecule has 0 saturated carbocycles. The Hall–Kier alpha value is -3.25. The van der Waals surface area contributed by atoms with Crippen molar-refractivity contribution in [3.63, 3.8) is 0 Å². The highest BCUT2D eigenvalue weighted by atomic mass is 16.4. The van der Waals surface area contributed by atoms with E-state index in [0.29, 0.717) is 18.3 Å². The first-order valence-corrected chi connectivity index (χ1v) is 11.0. The van der Waals surface area contributed by atoms with Crippen LogP contribution in [0.5, 0.6) is 0 Å². The molecule has 0 saturated heterocycles. The van der Waals surface area contributed by atoms with Gasteiger partial charge in [-0.15, -0.1) is 0 Å². The molecule has 6 heteroatoms. The van der Waals surface area contributed by atoms with Crippen molar-refractivity contribution in [2.24, 2.45) is 5.92 Å².